The fraction of sp³-hybridized carbons (Fsp3) is 0.571. The molecular weight excluding hydrogens is 220 g/mol. The van der Waals surface area contributed by atoms with Gasteiger partial charge in [-0.2, -0.15) is 0 Å². The molecular formula is C14H19ClO. The predicted octanol–water partition coefficient (Wildman–Crippen LogP) is 4.30. The van der Waals surface area contributed by atoms with Crippen molar-refractivity contribution in [1.82, 2.24) is 0 Å². The van der Waals surface area contributed by atoms with E-state index in [0.29, 0.717) is 5.88 Å². The zero-order valence-electron chi connectivity index (χ0n) is 9.84. The number of alkyl halides is 1. The fourth-order valence-corrected chi connectivity index (χ4v) is 2.61. The first-order chi connectivity index (χ1) is 7.81. The largest absolute Gasteiger partial charge is 0.493 e. The molecule has 88 valence electrons. The molecule has 0 bridgehead atoms. The topological polar surface area (TPSA) is 9.23 Å². The lowest BCUT2D eigenvalue weighted by molar-refractivity contribution is 0.249. The highest BCUT2D eigenvalue weighted by Crippen LogP contribution is 2.29. The Morgan fingerprint density at radius 2 is 2.06 bits per heavy atom. The van der Waals surface area contributed by atoms with Gasteiger partial charge < -0.3 is 4.74 Å². The summed E-state index contributed by atoms with van der Waals surface area (Å²) in [6.45, 7) is 2.94. The average molecular weight is 239 g/mol. The molecule has 1 nitrogen and oxygen atoms in total. The molecule has 0 saturated heterocycles. The number of para-hydroxylation sites is 1. The van der Waals surface area contributed by atoms with E-state index in [1.165, 1.54) is 31.2 Å². The molecule has 0 N–H and O–H groups in total. The molecule has 0 atom stereocenters. The maximum absolute atomic E-state index is 5.96. The Kier molecular flexibility index (Phi) is 4.11. The highest BCUT2D eigenvalue weighted by Gasteiger charge is 2.16. The zero-order chi connectivity index (χ0) is 11.4. The standard InChI is InChI=1S/C14H19ClO/c1-11-5-4-8-13(9-15)14(11)16-10-12-6-2-3-7-12/h4-5,8,12H,2-3,6-7,9-10H2,1H3. The Labute approximate surface area is 103 Å². The molecule has 1 aromatic rings. The third-order valence-corrected chi connectivity index (χ3v) is 3.66. The molecule has 0 aliphatic heterocycles. The van der Waals surface area contributed by atoms with E-state index in [1.807, 2.05) is 12.1 Å². The number of rotatable bonds is 4. The smallest absolute Gasteiger partial charge is 0.126 e. The first-order valence-corrected chi connectivity index (χ1v) is 6.62. The Morgan fingerprint density at radius 3 is 2.75 bits per heavy atom. The quantitative estimate of drug-likeness (QED) is 0.711. The monoisotopic (exact) mass is 238 g/mol. The average Bonchev–Trinajstić information content (AvgIpc) is 2.80. The highest BCUT2D eigenvalue weighted by molar-refractivity contribution is 6.17. The van der Waals surface area contributed by atoms with Crippen LogP contribution >= 0.6 is 11.6 Å². The number of ether oxygens (including phenoxy) is 1. The second-order valence-electron chi connectivity index (χ2n) is 4.66. The van der Waals surface area contributed by atoms with Crippen molar-refractivity contribution in [2.24, 2.45) is 5.92 Å². The van der Waals surface area contributed by atoms with Crippen molar-refractivity contribution < 1.29 is 4.74 Å². The number of aryl methyl sites for hydroxylation is 1. The van der Waals surface area contributed by atoms with Gasteiger partial charge in [-0.3, -0.25) is 0 Å². The third-order valence-electron chi connectivity index (χ3n) is 3.38. The summed E-state index contributed by atoms with van der Waals surface area (Å²) in [5.74, 6) is 2.29. The maximum Gasteiger partial charge on any atom is 0.126 e. The Morgan fingerprint density at radius 1 is 1.31 bits per heavy atom. The fourth-order valence-electron chi connectivity index (χ4n) is 2.40. The predicted molar refractivity (Wildman–Crippen MR) is 68.2 cm³/mol. The third kappa shape index (κ3) is 2.70. The second-order valence-corrected chi connectivity index (χ2v) is 4.93. The molecule has 2 rings (SSSR count). The number of hydrogen-bond donors (Lipinski definition) is 0. The summed E-state index contributed by atoms with van der Waals surface area (Å²) in [7, 11) is 0. The molecule has 0 radical (unpaired) electrons. The maximum atomic E-state index is 5.96. The Balaban J connectivity index is 2.01. The summed E-state index contributed by atoms with van der Waals surface area (Å²) in [6.07, 6.45) is 5.37. The second kappa shape index (κ2) is 5.58. The van der Waals surface area contributed by atoms with Crippen molar-refractivity contribution in [3.05, 3.63) is 29.3 Å². The van der Waals surface area contributed by atoms with Gasteiger partial charge in [0, 0.05) is 5.56 Å². The number of hydrogen-bond acceptors (Lipinski definition) is 1. The molecule has 1 saturated carbocycles. The van der Waals surface area contributed by atoms with Crippen LogP contribution in [0.5, 0.6) is 5.75 Å². The molecule has 0 aromatic heterocycles. The normalized spacial score (nSPS) is 16.6. The Hall–Kier alpha value is -0.690. The SMILES string of the molecule is Cc1cccc(CCl)c1OCC1CCCC1. The van der Waals surface area contributed by atoms with E-state index in [2.05, 4.69) is 13.0 Å². The van der Waals surface area contributed by atoms with Gasteiger partial charge in [0.05, 0.1) is 12.5 Å². The minimum absolute atomic E-state index is 0.529. The molecule has 0 unspecified atom stereocenters. The van der Waals surface area contributed by atoms with Gasteiger partial charge >= 0.3 is 0 Å². The van der Waals surface area contributed by atoms with Crippen molar-refractivity contribution in [3.8, 4) is 5.75 Å². The van der Waals surface area contributed by atoms with Crippen LogP contribution in [0.1, 0.15) is 36.8 Å². The van der Waals surface area contributed by atoms with E-state index in [1.54, 1.807) is 0 Å². The summed E-state index contributed by atoms with van der Waals surface area (Å²) >= 11 is 5.92. The van der Waals surface area contributed by atoms with Crippen LogP contribution in [-0.2, 0) is 5.88 Å². The van der Waals surface area contributed by atoms with E-state index < -0.39 is 0 Å². The lowest BCUT2D eigenvalue weighted by Crippen LogP contribution is -2.09. The molecule has 1 aromatic carbocycles. The van der Waals surface area contributed by atoms with Gasteiger partial charge in [0.2, 0.25) is 0 Å². The van der Waals surface area contributed by atoms with Gasteiger partial charge in [-0.25, -0.2) is 0 Å². The van der Waals surface area contributed by atoms with Crippen LogP contribution in [0.25, 0.3) is 0 Å². The van der Waals surface area contributed by atoms with Crippen LogP contribution in [0.4, 0.5) is 0 Å². The Bertz CT molecular complexity index is 343. The van der Waals surface area contributed by atoms with E-state index in [9.17, 15) is 0 Å². The summed E-state index contributed by atoms with van der Waals surface area (Å²) in [4.78, 5) is 0. The van der Waals surface area contributed by atoms with E-state index >= 15 is 0 Å². The molecule has 0 spiro atoms. The molecule has 1 fully saturated rings. The van der Waals surface area contributed by atoms with Gasteiger partial charge in [-0.15, -0.1) is 11.6 Å². The summed E-state index contributed by atoms with van der Waals surface area (Å²) in [5.41, 5.74) is 2.30. The van der Waals surface area contributed by atoms with Crippen molar-refractivity contribution in [1.29, 1.82) is 0 Å². The van der Waals surface area contributed by atoms with E-state index in [0.717, 1.165) is 23.8 Å². The zero-order valence-corrected chi connectivity index (χ0v) is 10.6. The first-order valence-electron chi connectivity index (χ1n) is 6.08. The van der Waals surface area contributed by atoms with E-state index in [-0.39, 0.29) is 0 Å². The van der Waals surface area contributed by atoms with Crippen LogP contribution in [0.15, 0.2) is 18.2 Å². The van der Waals surface area contributed by atoms with Crippen LogP contribution in [-0.4, -0.2) is 6.61 Å². The van der Waals surface area contributed by atoms with Crippen molar-refractivity contribution >= 4 is 11.6 Å². The number of benzene rings is 1. The van der Waals surface area contributed by atoms with Crippen molar-refractivity contribution in [2.45, 2.75) is 38.5 Å². The molecule has 1 aliphatic rings. The van der Waals surface area contributed by atoms with Crippen LogP contribution in [0, 0.1) is 12.8 Å². The molecule has 0 amide bonds. The van der Waals surface area contributed by atoms with Gasteiger partial charge in [0.1, 0.15) is 5.75 Å². The van der Waals surface area contributed by atoms with Crippen LogP contribution in [0.2, 0.25) is 0 Å². The minimum atomic E-state index is 0.529. The first kappa shape index (κ1) is 11.8. The van der Waals surface area contributed by atoms with Gasteiger partial charge in [0.25, 0.3) is 0 Å². The lowest BCUT2D eigenvalue weighted by atomic mass is 10.1. The number of halogens is 1. The van der Waals surface area contributed by atoms with Gasteiger partial charge in [-0.1, -0.05) is 31.0 Å². The summed E-state index contributed by atoms with van der Waals surface area (Å²) in [6, 6.07) is 6.17. The molecule has 1 aliphatic carbocycles. The van der Waals surface area contributed by atoms with Gasteiger partial charge in [-0.05, 0) is 31.2 Å². The van der Waals surface area contributed by atoms with Crippen molar-refractivity contribution in [3.63, 3.8) is 0 Å². The highest BCUT2D eigenvalue weighted by atomic mass is 35.5. The lowest BCUT2D eigenvalue weighted by Gasteiger charge is -2.15. The van der Waals surface area contributed by atoms with E-state index in [4.69, 9.17) is 16.3 Å². The van der Waals surface area contributed by atoms with Crippen LogP contribution in [0.3, 0.4) is 0 Å². The molecule has 2 heteroatoms. The molecule has 16 heavy (non-hydrogen) atoms. The summed E-state index contributed by atoms with van der Waals surface area (Å²) in [5, 5.41) is 0. The molecule has 0 heterocycles. The summed E-state index contributed by atoms with van der Waals surface area (Å²) < 4.78 is 5.96. The minimum Gasteiger partial charge on any atom is -0.493 e. The van der Waals surface area contributed by atoms with Crippen LogP contribution < -0.4 is 4.74 Å². The van der Waals surface area contributed by atoms with Gasteiger partial charge in [0.15, 0.2) is 0 Å². The van der Waals surface area contributed by atoms with Crippen molar-refractivity contribution in [2.75, 3.05) is 6.61 Å².